The minimum absolute atomic E-state index is 0.0434. The zero-order chi connectivity index (χ0) is 23.5. The van der Waals surface area contributed by atoms with Crippen LogP contribution in [0.15, 0.2) is 48.7 Å². The molecule has 1 aliphatic heterocycles. The van der Waals surface area contributed by atoms with Crippen LogP contribution in [0, 0.1) is 0 Å². The van der Waals surface area contributed by atoms with Crippen molar-refractivity contribution >= 4 is 22.8 Å². The fraction of sp³-hybridized carbons (Fsp3) is 0.292. The van der Waals surface area contributed by atoms with Gasteiger partial charge in [0.25, 0.3) is 5.91 Å². The van der Waals surface area contributed by atoms with E-state index in [1.807, 2.05) is 30.3 Å². The number of carbonyl (C=O) groups excluding carboxylic acids is 1. The van der Waals surface area contributed by atoms with Crippen LogP contribution >= 0.6 is 0 Å². The second kappa shape index (κ2) is 9.44. The minimum atomic E-state index is -0.0434. The molecule has 0 spiro atoms. The number of fused-ring (bicyclic) bond motifs is 1. The smallest absolute Gasteiger partial charge is 0.322 e. The summed E-state index contributed by atoms with van der Waals surface area (Å²) in [4.78, 5) is 29.7. The quantitative estimate of drug-likeness (QED) is 0.469. The predicted molar refractivity (Wildman–Crippen MR) is 127 cm³/mol. The second-order valence-electron chi connectivity index (χ2n) is 8.16. The first-order valence-electron chi connectivity index (χ1n) is 11.0. The Morgan fingerprint density at radius 1 is 1.09 bits per heavy atom. The Bertz CT molecular complexity index is 1300. The van der Waals surface area contributed by atoms with E-state index < -0.39 is 0 Å². The SMILES string of the molecule is CN(C)C(=O)c1ccc(COc2nc(-c3cccc4[nH]ncc34)nc(N3CCOCC3)n2)cc1. The van der Waals surface area contributed by atoms with Gasteiger partial charge < -0.3 is 19.3 Å². The van der Waals surface area contributed by atoms with Gasteiger partial charge in [-0.15, -0.1) is 0 Å². The lowest BCUT2D eigenvalue weighted by Crippen LogP contribution is -2.37. The number of carbonyl (C=O) groups is 1. The van der Waals surface area contributed by atoms with Crippen molar-refractivity contribution in [3.8, 4) is 17.4 Å². The van der Waals surface area contributed by atoms with E-state index in [1.54, 1.807) is 37.3 Å². The maximum Gasteiger partial charge on any atom is 0.322 e. The highest BCUT2D eigenvalue weighted by Gasteiger charge is 2.19. The molecular formula is C24H25N7O3. The lowest BCUT2D eigenvalue weighted by atomic mass is 10.1. The molecule has 10 heteroatoms. The van der Waals surface area contributed by atoms with Crippen LogP contribution < -0.4 is 9.64 Å². The zero-order valence-corrected chi connectivity index (χ0v) is 19.1. The number of hydrogen-bond acceptors (Lipinski definition) is 8. The second-order valence-corrected chi connectivity index (χ2v) is 8.16. The molecule has 174 valence electrons. The van der Waals surface area contributed by atoms with Gasteiger partial charge in [-0.2, -0.15) is 20.1 Å². The number of H-pyrrole nitrogens is 1. The third-order valence-corrected chi connectivity index (χ3v) is 5.60. The molecule has 1 fully saturated rings. The van der Waals surface area contributed by atoms with Gasteiger partial charge in [-0.25, -0.2) is 0 Å². The highest BCUT2D eigenvalue weighted by atomic mass is 16.5. The maximum atomic E-state index is 12.1. The van der Waals surface area contributed by atoms with Gasteiger partial charge in [0.05, 0.1) is 24.9 Å². The van der Waals surface area contributed by atoms with Gasteiger partial charge in [0, 0.05) is 43.7 Å². The van der Waals surface area contributed by atoms with Crippen molar-refractivity contribution in [2.24, 2.45) is 0 Å². The van der Waals surface area contributed by atoms with Gasteiger partial charge in [-0.3, -0.25) is 9.89 Å². The number of nitrogens with zero attached hydrogens (tertiary/aromatic N) is 6. The Hall–Kier alpha value is -4.05. The molecule has 1 saturated heterocycles. The van der Waals surface area contributed by atoms with Crippen molar-refractivity contribution in [2.75, 3.05) is 45.3 Å². The van der Waals surface area contributed by atoms with Crippen LogP contribution in [0.2, 0.25) is 0 Å². The molecule has 0 atom stereocenters. The van der Waals surface area contributed by atoms with Crippen molar-refractivity contribution in [3.63, 3.8) is 0 Å². The third kappa shape index (κ3) is 4.53. The van der Waals surface area contributed by atoms with Crippen LogP contribution in [0.1, 0.15) is 15.9 Å². The molecule has 0 bridgehead atoms. The van der Waals surface area contributed by atoms with E-state index in [-0.39, 0.29) is 18.5 Å². The van der Waals surface area contributed by atoms with Gasteiger partial charge in [0.2, 0.25) is 5.95 Å². The van der Waals surface area contributed by atoms with Crippen molar-refractivity contribution in [2.45, 2.75) is 6.61 Å². The Balaban J connectivity index is 1.44. The van der Waals surface area contributed by atoms with Crippen molar-refractivity contribution < 1.29 is 14.3 Å². The number of hydrogen-bond donors (Lipinski definition) is 1. The van der Waals surface area contributed by atoms with Crippen LogP contribution in [0.4, 0.5) is 5.95 Å². The first-order chi connectivity index (χ1) is 16.6. The average Bonchev–Trinajstić information content (AvgIpc) is 3.37. The minimum Gasteiger partial charge on any atom is -0.458 e. The number of nitrogens with one attached hydrogen (secondary N) is 1. The molecule has 2 aromatic carbocycles. The molecule has 5 rings (SSSR count). The molecule has 3 heterocycles. The van der Waals surface area contributed by atoms with Crippen LogP contribution in [0.5, 0.6) is 6.01 Å². The number of anilines is 1. The summed E-state index contributed by atoms with van der Waals surface area (Å²) in [5.41, 5.74) is 3.28. The van der Waals surface area contributed by atoms with Crippen LogP contribution in [0.3, 0.4) is 0 Å². The number of amides is 1. The summed E-state index contributed by atoms with van der Waals surface area (Å²) >= 11 is 0. The molecule has 2 aromatic heterocycles. The van der Waals surface area contributed by atoms with Gasteiger partial charge in [0.1, 0.15) is 6.61 Å². The fourth-order valence-electron chi connectivity index (χ4n) is 3.75. The average molecular weight is 460 g/mol. The summed E-state index contributed by atoms with van der Waals surface area (Å²) in [5, 5.41) is 8.05. The largest absolute Gasteiger partial charge is 0.458 e. The molecule has 0 unspecified atom stereocenters. The lowest BCUT2D eigenvalue weighted by molar-refractivity contribution is 0.0827. The third-order valence-electron chi connectivity index (χ3n) is 5.60. The van der Waals surface area contributed by atoms with Gasteiger partial charge >= 0.3 is 6.01 Å². The van der Waals surface area contributed by atoms with Crippen LogP contribution in [-0.2, 0) is 11.3 Å². The molecule has 1 amide bonds. The molecule has 0 aliphatic carbocycles. The Morgan fingerprint density at radius 3 is 2.65 bits per heavy atom. The number of benzene rings is 2. The van der Waals surface area contributed by atoms with Crippen molar-refractivity contribution in [1.29, 1.82) is 0 Å². The predicted octanol–water partition coefficient (Wildman–Crippen LogP) is 2.53. The molecule has 0 radical (unpaired) electrons. The normalized spacial score (nSPS) is 13.8. The summed E-state index contributed by atoms with van der Waals surface area (Å²) in [6, 6.07) is 13.4. The standard InChI is InChI=1S/C24H25N7O3/c1-30(2)22(32)17-8-6-16(7-9-17)15-34-24-27-21(18-4-3-5-20-19(18)14-25-29-20)26-23(28-24)31-10-12-33-13-11-31/h3-9,14H,10-13,15H2,1-2H3,(H,25,29). The zero-order valence-electron chi connectivity index (χ0n) is 19.1. The van der Waals surface area contributed by atoms with E-state index in [0.29, 0.717) is 43.6 Å². The van der Waals surface area contributed by atoms with E-state index in [4.69, 9.17) is 14.5 Å². The molecule has 4 aromatic rings. The summed E-state index contributed by atoms with van der Waals surface area (Å²) in [6.45, 7) is 2.89. The van der Waals surface area contributed by atoms with E-state index in [0.717, 1.165) is 22.0 Å². The summed E-state index contributed by atoms with van der Waals surface area (Å²) in [6.07, 6.45) is 1.76. The Labute approximate surface area is 196 Å². The molecule has 1 aliphatic rings. The Morgan fingerprint density at radius 2 is 1.88 bits per heavy atom. The number of aromatic nitrogens is 5. The van der Waals surface area contributed by atoms with E-state index in [9.17, 15) is 4.79 Å². The lowest BCUT2D eigenvalue weighted by Gasteiger charge is -2.27. The first-order valence-corrected chi connectivity index (χ1v) is 11.0. The number of rotatable bonds is 6. The van der Waals surface area contributed by atoms with Crippen molar-refractivity contribution in [3.05, 3.63) is 59.8 Å². The fourth-order valence-corrected chi connectivity index (χ4v) is 3.75. The molecule has 1 N–H and O–H groups in total. The van der Waals surface area contributed by atoms with Crippen molar-refractivity contribution in [1.82, 2.24) is 30.0 Å². The Kier molecular flexibility index (Phi) is 6.05. The molecule has 34 heavy (non-hydrogen) atoms. The summed E-state index contributed by atoms with van der Waals surface area (Å²) in [7, 11) is 3.46. The van der Waals surface area contributed by atoms with Crippen LogP contribution in [-0.4, -0.2) is 76.4 Å². The van der Waals surface area contributed by atoms with E-state index >= 15 is 0 Å². The van der Waals surface area contributed by atoms with Crippen LogP contribution in [0.25, 0.3) is 22.3 Å². The number of ether oxygens (including phenoxy) is 2. The monoisotopic (exact) mass is 459 g/mol. The topological polar surface area (TPSA) is 109 Å². The first kappa shape index (κ1) is 21.8. The highest BCUT2D eigenvalue weighted by molar-refractivity contribution is 5.94. The van der Waals surface area contributed by atoms with E-state index in [2.05, 4.69) is 25.1 Å². The van der Waals surface area contributed by atoms with Gasteiger partial charge in [0.15, 0.2) is 5.82 Å². The van der Waals surface area contributed by atoms with Gasteiger partial charge in [-0.05, 0) is 23.8 Å². The molecule has 10 nitrogen and oxygen atoms in total. The molecule has 0 saturated carbocycles. The van der Waals surface area contributed by atoms with E-state index in [1.165, 1.54) is 0 Å². The van der Waals surface area contributed by atoms with Gasteiger partial charge in [-0.1, -0.05) is 24.3 Å². The molecular weight excluding hydrogens is 434 g/mol. The number of aromatic amines is 1. The summed E-state index contributed by atoms with van der Waals surface area (Å²) in [5.74, 6) is 1.03. The summed E-state index contributed by atoms with van der Waals surface area (Å²) < 4.78 is 11.5. The number of morpholine rings is 1. The highest BCUT2D eigenvalue weighted by Crippen LogP contribution is 2.27. The maximum absolute atomic E-state index is 12.1.